The fourth-order valence-electron chi connectivity index (χ4n) is 2.69. The summed E-state index contributed by atoms with van der Waals surface area (Å²) in [6, 6.07) is 0.238. The lowest BCUT2D eigenvalue weighted by Crippen LogP contribution is -2.55. The molecule has 1 saturated heterocycles. The normalized spacial score (nSPS) is 19.2. The standard InChI is InChI=1S/C15H32N4O/c1-7-18-8-10-19(11-9-18)14(20)16-13(2)15(3,4)12-17(5)6/h13H,7-12H2,1-6H3,(H,16,20)/t13-/m0/s1. The molecule has 0 aromatic heterocycles. The van der Waals surface area contributed by atoms with E-state index < -0.39 is 0 Å². The molecular weight excluding hydrogens is 252 g/mol. The van der Waals surface area contributed by atoms with Gasteiger partial charge in [-0.1, -0.05) is 20.8 Å². The van der Waals surface area contributed by atoms with Crippen molar-refractivity contribution >= 4 is 6.03 Å². The first-order chi connectivity index (χ1) is 9.26. The molecule has 0 bridgehead atoms. The van der Waals surface area contributed by atoms with Crippen molar-refractivity contribution < 1.29 is 4.79 Å². The molecule has 2 amide bonds. The Balaban J connectivity index is 2.45. The molecule has 1 heterocycles. The molecule has 1 N–H and O–H groups in total. The fourth-order valence-corrected chi connectivity index (χ4v) is 2.69. The van der Waals surface area contributed by atoms with Gasteiger partial charge in [0.05, 0.1) is 0 Å². The maximum atomic E-state index is 12.3. The lowest BCUT2D eigenvalue weighted by molar-refractivity contribution is 0.129. The van der Waals surface area contributed by atoms with E-state index in [1.54, 1.807) is 0 Å². The Morgan fingerprint density at radius 2 is 1.80 bits per heavy atom. The van der Waals surface area contributed by atoms with E-state index in [0.29, 0.717) is 0 Å². The summed E-state index contributed by atoms with van der Waals surface area (Å²) in [5.41, 5.74) is 0.0599. The molecule has 1 fully saturated rings. The number of hydrogen-bond donors (Lipinski definition) is 1. The summed E-state index contributed by atoms with van der Waals surface area (Å²) in [6.07, 6.45) is 0. The Labute approximate surface area is 124 Å². The van der Waals surface area contributed by atoms with Crippen LogP contribution in [-0.2, 0) is 0 Å². The van der Waals surface area contributed by atoms with Gasteiger partial charge in [0.25, 0.3) is 0 Å². The van der Waals surface area contributed by atoms with E-state index in [2.05, 4.69) is 56.9 Å². The van der Waals surface area contributed by atoms with E-state index in [1.165, 1.54) is 0 Å². The van der Waals surface area contributed by atoms with Crippen LogP contribution in [0.5, 0.6) is 0 Å². The lowest BCUT2D eigenvalue weighted by Gasteiger charge is -2.38. The maximum absolute atomic E-state index is 12.3. The predicted molar refractivity (Wildman–Crippen MR) is 84.0 cm³/mol. The molecule has 1 aliphatic rings. The maximum Gasteiger partial charge on any atom is 0.317 e. The average Bonchev–Trinajstić information content (AvgIpc) is 2.37. The minimum atomic E-state index is 0.0599. The van der Waals surface area contributed by atoms with Crippen LogP contribution in [0.1, 0.15) is 27.7 Å². The largest absolute Gasteiger partial charge is 0.335 e. The second-order valence-electron chi connectivity index (χ2n) is 6.82. The first kappa shape index (κ1) is 17.2. The van der Waals surface area contributed by atoms with Crippen molar-refractivity contribution in [3.05, 3.63) is 0 Å². The van der Waals surface area contributed by atoms with Gasteiger partial charge in [-0.3, -0.25) is 0 Å². The highest BCUT2D eigenvalue weighted by Crippen LogP contribution is 2.21. The van der Waals surface area contributed by atoms with Crippen molar-refractivity contribution in [1.82, 2.24) is 20.0 Å². The minimum Gasteiger partial charge on any atom is -0.335 e. The molecule has 0 aromatic rings. The summed E-state index contributed by atoms with van der Waals surface area (Å²) in [6.45, 7) is 14.3. The van der Waals surface area contributed by atoms with Gasteiger partial charge in [-0.2, -0.15) is 0 Å². The van der Waals surface area contributed by atoms with Crippen LogP contribution in [0.2, 0.25) is 0 Å². The van der Waals surface area contributed by atoms with E-state index >= 15 is 0 Å². The summed E-state index contributed by atoms with van der Waals surface area (Å²) in [4.78, 5) is 18.8. The Kier molecular flexibility index (Phi) is 6.27. The smallest absolute Gasteiger partial charge is 0.317 e. The molecule has 0 saturated carbocycles. The molecule has 0 aromatic carbocycles. The van der Waals surface area contributed by atoms with Crippen molar-refractivity contribution in [2.75, 3.05) is 53.4 Å². The third-order valence-electron chi connectivity index (χ3n) is 4.34. The number of amides is 2. The van der Waals surface area contributed by atoms with E-state index in [1.807, 2.05) is 4.90 Å². The third-order valence-corrected chi connectivity index (χ3v) is 4.34. The zero-order chi connectivity index (χ0) is 15.3. The summed E-state index contributed by atoms with van der Waals surface area (Å²) in [5.74, 6) is 0. The molecule has 1 aliphatic heterocycles. The summed E-state index contributed by atoms with van der Waals surface area (Å²) in [5, 5.41) is 3.17. The van der Waals surface area contributed by atoms with Gasteiger partial charge in [-0.05, 0) is 33.0 Å². The van der Waals surface area contributed by atoms with Gasteiger partial charge in [-0.15, -0.1) is 0 Å². The monoisotopic (exact) mass is 284 g/mol. The Morgan fingerprint density at radius 1 is 1.25 bits per heavy atom. The van der Waals surface area contributed by atoms with Crippen LogP contribution in [0.15, 0.2) is 0 Å². The lowest BCUT2D eigenvalue weighted by atomic mass is 9.85. The van der Waals surface area contributed by atoms with Gasteiger partial charge in [0.2, 0.25) is 0 Å². The van der Waals surface area contributed by atoms with Gasteiger partial charge in [0, 0.05) is 38.8 Å². The molecule has 20 heavy (non-hydrogen) atoms. The molecular formula is C15H32N4O. The van der Waals surface area contributed by atoms with Gasteiger partial charge in [-0.25, -0.2) is 4.79 Å². The molecule has 0 spiro atoms. The molecule has 1 atom stereocenters. The van der Waals surface area contributed by atoms with Gasteiger partial charge in [0.15, 0.2) is 0 Å². The molecule has 0 unspecified atom stereocenters. The van der Waals surface area contributed by atoms with Crippen LogP contribution in [0.3, 0.4) is 0 Å². The fraction of sp³-hybridized carbons (Fsp3) is 0.933. The van der Waals surface area contributed by atoms with Gasteiger partial charge >= 0.3 is 6.03 Å². The van der Waals surface area contributed by atoms with Crippen LogP contribution in [0.4, 0.5) is 4.79 Å². The quantitative estimate of drug-likeness (QED) is 0.827. The number of carbonyl (C=O) groups is 1. The molecule has 1 rings (SSSR count). The van der Waals surface area contributed by atoms with Crippen molar-refractivity contribution in [3.63, 3.8) is 0 Å². The Bertz CT molecular complexity index is 309. The van der Waals surface area contributed by atoms with Crippen LogP contribution >= 0.6 is 0 Å². The number of piperazine rings is 1. The Hall–Kier alpha value is -0.810. The van der Waals surface area contributed by atoms with E-state index in [9.17, 15) is 4.79 Å². The summed E-state index contributed by atoms with van der Waals surface area (Å²) >= 11 is 0. The number of carbonyl (C=O) groups excluding carboxylic acids is 1. The molecule has 5 nitrogen and oxygen atoms in total. The SMILES string of the molecule is CCN1CCN(C(=O)N[C@@H](C)C(C)(C)CN(C)C)CC1. The predicted octanol–water partition coefficient (Wildman–Crippen LogP) is 1.31. The molecule has 0 radical (unpaired) electrons. The highest BCUT2D eigenvalue weighted by Gasteiger charge is 2.29. The first-order valence-electron chi connectivity index (χ1n) is 7.68. The first-order valence-corrected chi connectivity index (χ1v) is 7.68. The van der Waals surface area contributed by atoms with Gasteiger partial charge in [0.1, 0.15) is 0 Å². The molecule has 118 valence electrons. The van der Waals surface area contributed by atoms with Crippen LogP contribution in [0.25, 0.3) is 0 Å². The van der Waals surface area contributed by atoms with Crippen molar-refractivity contribution in [2.24, 2.45) is 5.41 Å². The van der Waals surface area contributed by atoms with E-state index in [4.69, 9.17) is 0 Å². The number of nitrogens with one attached hydrogen (secondary N) is 1. The number of likely N-dealkylation sites (N-methyl/N-ethyl adjacent to an activating group) is 1. The van der Waals surface area contributed by atoms with Crippen molar-refractivity contribution in [3.8, 4) is 0 Å². The number of rotatable bonds is 5. The van der Waals surface area contributed by atoms with Crippen LogP contribution < -0.4 is 5.32 Å². The summed E-state index contributed by atoms with van der Waals surface area (Å²) in [7, 11) is 4.14. The van der Waals surface area contributed by atoms with E-state index in [0.717, 1.165) is 39.3 Å². The molecule has 5 heteroatoms. The number of hydrogen-bond acceptors (Lipinski definition) is 3. The second kappa shape index (κ2) is 7.27. The Morgan fingerprint density at radius 3 is 2.25 bits per heavy atom. The number of nitrogens with zero attached hydrogens (tertiary/aromatic N) is 3. The third kappa shape index (κ3) is 4.94. The zero-order valence-electron chi connectivity index (χ0n) is 14.1. The van der Waals surface area contributed by atoms with Gasteiger partial charge < -0.3 is 20.0 Å². The second-order valence-corrected chi connectivity index (χ2v) is 6.82. The average molecular weight is 284 g/mol. The van der Waals surface area contributed by atoms with Crippen LogP contribution in [0, 0.1) is 5.41 Å². The highest BCUT2D eigenvalue weighted by atomic mass is 16.2. The van der Waals surface area contributed by atoms with Crippen molar-refractivity contribution in [2.45, 2.75) is 33.7 Å². The zero-order valence-corrected chi connectivity index (χ0v) is 14.1. The van der Waals surface area contributed by atoms with E-state index in [-0.39, 0.29) is 17.5 Å². The molecule has 0 aliphatic carbocycles. The minimum absolute atomic E-state index is 0.0599. The summed E-state index contributed by atoms with van der Waals surface area (Å²) < 4.78 is 0. The topological polar surface area (TPSA) is 38.8 Å². The highest BCUT2D eigenvalue weighted by molar-refractivity contribution is 5.74. The number of urea groups is 1. The van der Waals surface area contributed by atoms with Crippen molar-refractivity contribution in [1.29, 1.82) is 0 Å². The van der Waals surface area contributed by atoms with Crippen LogP contribution in [-0.4, -0.2) is 80.1 Å².